The summed E-state index contributed by atoms with van der Waals surface area (Å²) in [7, 11) is 2.01. The lowest BCUT2D eigenvalue weighted by molar-refractivity contribution is 0.0390. The van der Waals surface area contributed by atoms with Gasteiger partial charge in [-0.25, -0.2) is 0 Å². The minimum atomic E-state index is -0.641. The van der Waals surface area contributed by atoms with Crippen LogP contribution >= 0.6 is 0 Å². The second kappa shape index (κ2) is 3.88. The van der Waals surface area contributed by atoms with E-state index in [1.165, 1.54) is 0 Å². The fourth-order valence-corrected chi connectivity index (χ4v) is 2.02. The van der Waals surface area contributed by atoms with Crippen molar-refractivity contribution >= 4 is 0 Å². The predicted octanol–water partition coefficient (Wildman–Crippen LogP) is 1.38. The van der Waals surface area contributed by atoms with Gasteiger partial charge in [-0.15, -0.1) is 0 Å². The molecule has 80 valence electrons. The van der Waals surface area contributed by atoms with Gasteiger partial charge in [0, 0.05) is 19.5 Å². The van der Waals surface area contributed by atoms with E-state index in [0.717, 1.165) is 19.4 Å². The highest BCUT2D eigenvalue weighted by Crippen LogP contribution is 2.48. The quantitative estimate of drug-likeness (QED) is 0.722. The van der Waals surface area contributed by atoms with Gasteiger partial charge in [0.25, 0.3) is 0 Å². The third-order valence-electron chi connectivity index (χ3n) is 2.67. The molecule has 0 heterocycles. The average molecular weight is 196 g/mol. The van der Waals surface area contributed by atoms with Gasteiger partial charge in [0.2, 0.25) is 0 Å². The second-order valence-corrected chi connectivity index (χ2v) is 5.32. The van der Waals surface area contributed by atoms with Gasteiger partial charge in [-0.2, -0.15) is 5.26 Å². The lowest BCUT2D eigenvalue weighted by Gasteiger charge is -2.28. The molecule has 3 heteroatoms. The summed E-state index contributed by atoms with van der Waals surface area (Å²) in [6.45, 7) is 5.23. The van der Waals surface area contributed by atoms with Crippen LogP contribution in [-0.4, -0.2) is 35.7 Å². The molecule has 1 rings (SSSR count). The molecule has 1 aliphatic rings. The first-order valence-electron chi connectivity index (χ1n) is 5.15. The van der Waals surface area contributed by atoms with Crippen molar-refractivity contribution < 1.29 is 5.11 Å². The molecule has 0 saturated heterocycles. The number of likely N-dealkylation sites (N-methyl/N-ethyl adjacent to an activating group) is 1. The van der Waals surface area contributed by atoms with Crippen LogP contribution in [0.25, 0.3) is 0 Å². The molecule has 1 aliphatic carbocycles. The average Bonchev–Trinajstić information content (AvgIpc) is 2.64. The molecule has 0 amide bonds. The molecule has 0 aliphatic heterocycles. The van der Waals surface area contributed by atoms with E-state index in [1.54, 1.807) is 0 Å². The molecule has 0 bridgehead atoms. The number of hydrogen-bond acceptors (Lipinski definition) is 3. The molecule has 0 radical (unpaired) electrons. The molecule has 3 nitrogen and oxygen atoms in total. The molecule has 14 heavy (non-hydrogen) atoms. The molecular weight excluding hydrogens is 176 g/mol. The van der Waals surface area contributed by atoms with Crippen molar-refractivity contribution in [2.24, 2.45) is 5.41 Å². The van der Waals surface area contributed by atoms with E-state index in [0.29, 0.717) is 13.0 Å². The van der Waals surface area contributed by atoms with E-state index >= 15 is 0 Å². The zero-order valence-electron chi connectivity index (χ0n) is 9.38. The summed E-state index contributed by atoms with van der Waals surface area (Å²) in [5.74, 6) is 0. The maximum absolute atomic E-state index is 9.63. The number of rotatable bonds is 5. The third-order valence-corrected chi connectivity index (χ3v) is 2.67. The van der Waals surface area contributed by atoms with Crippen LogP contribution in [0.1, 0.15) is 33.1 Å². The zero-order valence-corrected chi connectivity index (χ0v) is 9.38. The first-order valence-corrected chi connectivity index (χ1v) is 5.15. The fraction of sp³-hybridized carbons (Fsp3) is 0.909. The molecule has 1 N–H and O–H groups in total. The van der Waals surface area contributed by atoms with Gasteiger partial charge in [0.05, 0.1) is 11.7 Å². The summed E-state index contributed by atoms with van der Waals surface area (Å²) in [6.07, 6.45) is 2.98. The Morgan fingerprint density at radius 1 is 1.50 bits per heavy atom. The number of aliphatic hydroxyl groups is 1. The summed E-state index contributed by atoms with van der Waals surface area (Å²) >= 11 is 0. The Bertz CT molecular complexity index is 233. The minimum Gasteiger partial charge on any atom is -0.389 e. The highest BCUT2D eigenvalue weighted by Gasteiger charge is 2.43. The van der Waals surface area contributed by atoms with E-state index in [1.807, 2.05) is 20.9 Å². The summed E-state index contributed by atoms with van der Waals surface area (Å²) < 4.78 is 0. The van der Waals surface area contributed by atoms with Crippen molar-refractivity contribution in [3.63, 3.8) is 0 Å². The van der Waals surface area contributed by atoms with Gasteiger partial charge < -0.3 is 10.0 Å². The monoisotopic (exact) mass is 196 g/mol. The predicted molar refractivity (Wildman–Crippen MR) is 55.7 cm³/mol. The van der Waals surface area contributed by atoms with Crippen molar-refractivity contribution in [3.05, 3.63) is 0 Å². The molecule has 0 unspecified atom stereocenters. The van der Waals surface area contributed by atoms with Crippen molar-refractivity contribution in [2.75, 3.05) is 20.1 Å². The molecular formula is C11H20N2O. The van der Waals surface area contributed by atoms with Gasteiger partial charge in [0.15, 0.2) is 0 Å². The normalized spacial score (nSPS) is 19.4. The summed E-state index contributed by atoms with van der Waals surface area (Å²) in [5, 5.41) is 18.3. The number of hydrogen-bond donors (Lipinski definition) is 1. The van der Waals surface area contributed by atoms with Gasteiger partial charge in [-0.1, -0.05) is 0 Å². The first kappa shape index (κ1) is 11.5. The summed E-state index contributed by atoms with van der Waals surface area (Å²) in [5.41, 5.74) is -0.397. The Hall–Kier alpha value is -0.590. The second-order valence-electron chi connectivity index (χ2n) is 5.32. The molecule has 0 aromatic carbocycles. The van der Waals surface area contributed by atoms with Crippen LogP contribution in [-0.2, 0) is 0 Å². The van der Waals surface area contributed by atoms with Crippen molar-refractivity contribution in [2.45, 2.75) is 38.7 Å². The molecule has 1 fully saturated rings. The highest BCUT2D eigenvalue weighted by atomic mass is 16.3. The lowest BCUT2D eigenvalue weighted by atomic mass is 10.0. The largest absolute Gasteiger partial charge is 0.389 e. The van der Waals surface area contributed by atoms with Crippen LogP contribution in [0.2, 0.25) is 0 Å². The van der Waals surface area contributed by atoms with Crippen LogP contribution in [0.5, 0.6) is 0 Å². The van der Waals surface area contributed by atoms with E-state index in [2.05, 4.69) is 11.0 Å². The maximum atomic E-state index is 9.63. The van der Waals surface area contributed by atoms with Crippen molar-refractivity contribution in [3.8, 4) is 6.07 Å². The maximum Gasteiger partial charge on any atom is 0.0718 e. The smallest absolute Gasteiger partial charge is 0.0718 e. The van der Waals surface area contributed by atoms with Gasteiger partial charge in [-0.05, 0) is 39.2 Å². The first-order chi connectivity index (χ1) is 6.37. The highest BCUT2D eigenvalue weighted by molar-refractivity contribution is 5.01. The minimum absolute atomic E-state index is 0.245. The third kappa shape index (κ3) is 3.65. The van der Waals surface area contributed by atoms with E-state index in [-0.39, 0.29) is 5.41 Å². The summed E-state index contributed by atoms with van der Waals surface area (Å²) in [6, 6.07) is 2.25. The van der Waals surface area contributed by atoms with E-state index in [4.69, 9.17) is 5.26 Å². The molecule has 0 aromatic rings. The van der Waals surface area contributed by atoms with Crippen molar-refractivity contribution in [1.29, 1.82) is 5.26 Å². The van der Waals surface area contributed by atoms with Crippen LogP contribution < -0.4 is 0 Å². The molecule has 1 saturated carbocycles. The number of nitrogens with zero attached hydrogens (tertiary/aromatic N) is 2. The van der Waals surface area contributed by atoms with Crippen molar-refractivity contribution in [1.82, 2.24) is 4.90 Å². The Morgan fingerprint density at radius 2 is 2.07 bits per heavy atom. The molecule has 0 atom stereocenters. The number of nitriles is 1. The SMILES string of the molecule is CN(CC(C)(C)O)CC1(CC#N)CC1. The van der Waals surface area contributed by atoms with Gasteiger partial charge >= 0.3 is 0 Å². The lowest BCUT2D eigenvalue weighted by Crippen LogP contribution is -2.39. The van der Waals surface area contributed by atoms with E-state index < -0.39 is 5.60 Å². The van der Waals surface area contributed by atoms with Gasteiger partial charge in [0.1, 0.15) is 0 Å². The fourth-order valence-electron chi connectivity index (χ4n) is 2.02. The van der Waals surface area contributed by atoms with Crippen LogP contribution in [0.3, 0.4) is 0 Å². The van der Waals surface area contributed by atoms with Gasteiger partial charge in [-0.3, -0.25) is 0 Å². The van der Waals surface area contributed by atoms with Crippen LogP contribution in [0.15, 0.2) is 0 Å². The Labute approximate surface area is 86.3 Å². The Kier molecular flexibility index (Phi) is 3.18. The Balaban J connectivity index is 2.34. The molecule has 0 aromatic heterocycles. The van der Waals surface area contributed by atoms with Crippen LogP contribution in [0, 0.1) is 16.7 Å². The zero-order chi connectivity index (χ0) is 10.8. The van der Waals surface area contributed by atoms with E-state index in [9.17, 15) is 5.11 Å². The standard InChI is InChI=1S/C11H20N2O/c1-10(2,14)8-13(3)9-11(4-5-11)6-7-12/h14H,4-6,8-9H2,1-3H3. The van der Waals surface area contributed by atoms with Crippen LogP contribution in [0.4, 0.5) is 0 Å². The topological polar surface area (TPSA) is 47.3 Å². The molecule has 0 spiro atoms. The Morgan fingerprint density at radius 3 is 2.43 bits per heavy atom. The summed E-state index contributed by atoms with van der Waals surface area (Å²) in [4.78, 5) is 2.13.